The molecule has 0 heterocycles. The molecule has 0 radical (unpaired) electrons. The molecule has 1 rings (SSSR count). The van der Waals surface area contributed by atoms with E-state index < -0.39 is 11.9 Å². The van der Waals surface area contributed by atoms with Gasteiger partial charge in [-0.2, -0.15) is 5.11 Å². The first-order valence-electron chi connectivity index (χ1n) is 4.72. The van der Waals surface area contributed by atoms with Gasteiger partial charge in [-0.1, -0.05) is 5.22 Å². The summed E-state index contributed by atoms with van der Waals surface area (Å²) in [5.41, 5.74) is 8.52. The van der Waals surface area contributed by atoms with Gasteiger partial charge >= 0.3 is 5.97 Å². The first-order valence-corrected chi connectivity index (χ1v) is 4.72. The second-order valence-corrected chi connectivity index (χ2v) is 3.05. The Morgan fingerprint density at radius 3 is 2.53 bits per heavy atom. The molecule has 0 saturated heterocycles. The highest BCUT2D eigenvalue weighted by Gasteiger charge is 2.03. The van der Waals surface area contributed by atoms with Gasteiger partial charge in [-0.05, 0) is 24.3 Å². The molecule has 0 aliphatic carbocycles. The van der Waals surface area contributed by atoms with Crippen molar-refractivity contribution in [3.05, 3.63) is 29.8 Å². The van der Waals surface area contributed by atoms with Crippen molar-refractivity contribution < 1.29 is 14.3 Å². The van der Waals surface area contributed by atoms with Crippen molar-refractivity contribution in [3.8, 4) is 0 Å². The van der Waals surface area contributed by atoms with Crippen LogP contribution in [0.2, 0.25) is 0 Å². The third-order valence-electron chi connectivity index (χ3n) is 1.78. The molecule has 0 aliphatic heterocycles. The van der Waals surface area contributed by atoms with Crippen molar-refractivity contribution in [2.75, 3.05) is 19.1 Å². The summed E-state index contributed by atoms with van der Waals surface area (Å²) >= 11 is 0. The maximum atomic E-state index is 11.1. The van der Waals surface area contributed by atoms with Crippen LogP contribution in [0.5, 0.6) is 0 Å². The Kier molecular flexibility index (Phi) is 4.61. The molecule has 1 amide bonds. The summed E-state index contributed by atoms with van der Waals surface area (Å²) in [6, 6.07) is 6.43. The second kappa shape index (κ2) is 6.21. The number of amides is 1. The Morgan fingerprint density at radius 1 is 1.35 bits per heavy atom. The number of hydrogen-bond acceptors (Lipinski definition) is 5. The number of nitrogens with zero attached hydrogens (tertiary/aromatic N) is 2. The summed E-state index contributed by atoms with van der Waals surface area (Å²) in [6.45, 7) is -0.173. The lowest BCUT2D eigenvalue weighted by Gasteiger charge is -2.01. The van der Waals surface area contributed by atoms with E-state index in [4.69, 9.17) is 5.73 Å². The summed E-state index contributed by atoms with van der Waals surface area (Å²) in [5, 5.41) is 7.02. The van der Waals surface area contributed by atoms with Crippen LogP contribution < -0.4 is 11.2 Å². The van der Waals surface area contributed by atoms with E-state index in [1.807, 2.05) is 0 Å². The summed E-state index contributed by atoms with van der Waals surface area (Å²) in [7, 11) is 1.31. The van der Waals surface area contributed by atoms with Gasteiger partial charge in [0.1, 0.15) is 6.54 Å². The lowest BCUT2D eigenvalue weighted by Crippen LogP contribution is -2.13. The van der Waals surface area contributed by atoms with Gasteiger partial charge < -0.3 is 10.5 Å². The summed E-state index contributed by atoms with van der Waals surface area (Å²) in [4.78, 5) is 21.5. The molecular formula is C10H12N4O3. The van der Waals surface area contributed by atoms with E-state index in [-0.39, 0.29) is 6.54 Å². The number of nitrogens with one attached hydrogen (secondary N) is 1. The SMILES string of the molecule is COC(=O)c1ccc(NN=NCC(N)=O)cc1. The smallest absolute Gasteiger partial charge is 0.337 e. The Balaban J connectivity index is 2.54. The van der Waals surface area contributed by atoms with Crippen LogP contribution in [0.1, 0.15) is 10.4 Å². The van der Waals surface area contributed by atoms with E-state index in [1.54, 1.807) is 24.3 Å². The van der Waals surface area contributed by atoms with Gasteiger partial charge in [-0.3, -0.25) is 10.2 Å². The summed E-state index contributed by atoms with van der Waals surface area (Å²) in [6.07, 6.45) is 0. The molecule has 1 aromatic rings. The zero-order valence-electron chi connectivity index (χ0n) is 9.21. The zero-order chi connectivity index (χ0) is 12.7. The van der Waals surface area contributed by atoms with Crippen LogP contribution in [-0.2, 0) is 9.53 Å². The molecule has 0 fully saturated rings. The fourth-order valence-corrected chi connectivity index (χ4v) is 0.997. The highest BCUT2D eigenvalue weighted by molar-refractivity contribution is 5.89. The standard InChI is InChI=1S/C10H12N4O3/c1-17-10(16)7-2-4-8(5-3-7)13-14-12-6-9(11)15/h2-5H,6H2,1H3,(H2,11,15)(H,12,13). The van der Waals surface area contributed by atoms with Crippen LogP contribution in [0.25, 0.3) is 0 Å². The minimum atomic E-state index is -0.559. The van der Waals surface area contributed by atoms with Crippen LogP contribution in [-0.4, -0.2) is 25.5 Å². The van der Waals surface area contributed by atoms with Crippen molar-refractivity contribution in [1.82, 2.24) is 0 Å². The van der Waals surface area contributed by atoms with Gasteiger partial charge in [-0.15, -0.1) is 0 Å². The topological polar surface area (TPSA) is 106 Å². The number of carbonyl (C=O) groups is 2. The van der Waals surface area contributed by atoms with Crippen LogP contribution in [0.3, 0.4) is 0 Å². The fraction of sp³-hybridized carbons (Fsp3) is 0.200. The lowest BCUT2D eigenvalue weighted by molar-refractivity contribution is -0.116. The van der Waals surface area contributed by atoms with Crippen molar-refractivity contribution in [2.24, 2.45) is 16.1 Å². The van der Waals surface area contributed by atoms with Gasteiger partial charge in [0.25, 0.3) is 0 Å². The van der Waals surface area contributed by atoms with Gasteiger partial charge in [0, 0.05) is 0 Å². The quantitative estimate of drug-likeness (QED) is 0.446. The van der Waals surface area contributed by atoms with Gasteiger partial charge in [-0.25, -0.2) is 4.79 Å². The molecule has 0 atom stereocenters. The minimum Gasteiger partial charge on any atom is -0.465 e. The van der Waals surface area contributed by atoms with Crippen LogP contribution in [0.15, 0.2) is 34.6 Å². The first-order chi connectivity index (χ1) is 8.13. The minimum absolute atomic E-state index is 0.173. The molecule has 3 N–H and O–H groups in total. The molecule has 0 saturated carbocycles. The number of ether oxygens (including phenoxy) is 1. The number of primary amides is 1. The molecule has 0 bridgehead atoms. The number of nitrogens with two attached hydrogens (primary N) is 1. The van der Waals surface area contributed by atoms with Crippen molar-refractivity contribution in [2.45, 2.75) is 0 Å². The molecule has 7 heteroatoms. The number of benzene rings is 1. The predicted molar refractivity (Wildman–Crippen MR) is 60.3 cm³/mol. The van der Waals surface area contributed by atoms with Gasteiger partial charge in [0.2, 0.25) is 5.91 Å². The van der Waals surface area contributed by atoms with E-state index in [0.717, 1.165) is 0 Å². The molecule has 0 aromatic heterocycles. The Labute approximate surface area is 97.6 Å². The van der Waals surface area contributed by atoms with Gasteiger partial charge in [0.05, 0.1) is 18.4 Å². The number of carbonyl (C=O) groups excluding carboxylic acids is 2. The number of hydrogen-bond donors (Lipinski definition) is 2. The predicted octanol–water partition coefficient (Wildman–Crippen LogP) is 0.738. The van der Waals surface area contributed by atoms with Gasteiger partial charge in [0.15, 0.2) is 0 Å². The number of rotatable bonds is 5. The Bertz CT molecular complexity index is 428. The van der Waals surface area contributed by atoms with Crippen molar-refractivity contribution in [1.29, 1.82) is 0 Å². The van der Waals surface area contributed by atoms with Crippen LogP contribution in [0.4, 0.5) is 5.69 Å². The molecule has 1 aromatic carbocycles. The maximum absolute atomic E-state index is 11.1. The highest BCUT2D eigenvalue weighted by Crippen LogP contribution is 2.10. The highest BCUT2D eigenvalue weighted by atomic mass is 16.5. The van der Waals surface area contributed by atoms with Crippen molar-refractivity contribution >= 4 is 17.6 Å². The fourth-order valence-electron chi connectivity index (χ4n) is 0.997. The molecule has 0 unspecified atom stereocenters. The number of methoxy groups -OCH3 is 1. The average molecular weight is 236 g/mol. The maximum Gasteiger partial charge on any atom is 0.337 e. The first kappa shape index (κ1) is 12.6. The summed E-state index contributed by atoms with van der Waals surface area (Å²) in [5.74, 6) is -0.969. The lowest BCUT2D eigenvalue weighted by atomic mass is 10.2. The summed E-state index contributed by atoms with van der Waals surface area (Å²) < 4.78 is 4.55. The molecule has 0 aliphatic rings. The Hall–Kier alpha value is -2.44. The zero-order valence-corrected chi connectivity index (χ0v) is 9.21. The van der Waals surface area contributed by atoms with E-state index in [9.17, 15) is 9.59 Å². The van der Waals surface area contributed by atoms with E-state index in [0.29, 0.717) is 11.3 Å². The number of esters is 1. The third kappa shape index (κ3) is 4.29. The largest absolute Gasteiger partial charge is 0.465 e. The van der Waals surface area contributed by atoms with E-state index in [1.165, 1.54) is 7.11 Å². The number of anilines is 1. The van der Waals surface area contributed by atoms with Crippen LogP contribution >= 0.6 is 0 Å². The molecule has 17 heavy (non-hydrogen) atoms. The van der Waals surface area contributed by atoms with E-state index in [2.05, 4.69) is 20.5 Å². The molecular weight excluding hydrogens is 224 g/mol. The second-order valence-electron chi connectivity index (χ2n) is 3.05. The van der Waals surface area contributed by atoms with Crippen molar-refractivity contribution in [3.63, 3.8) is 0 Å². The Morgan fingerprint density at radius 2 is 2.00 bits per heavy atom. The molecule has 0 spiro atoms. The average Bonchev–Trinajstić information content (AvgIpc) is 2.34. The third-order valence-corrected chi connectivity index (χ3v) is 1.78. The van der Waals surface area contributed by atoms with E-state index >= 15 is 0 Å². The normalized spacial score (nSPS) is 10.2. The monoisotopic (exact) mass is 236 g/mol. The molecule has 90 valence electrons. The molecule has 7 nitrogen and oxygen atoms in total. The van der Waals surface area contributed by atoms with Crippen LogP contribution in [0, 0.1) is 0 Å².